The van der Waals surface area contributed by atoms with Gasteiger partial charge in [0.05, 0.1) is 19.4 Å². The van der Waals surface area contributed by atoms with Gasteiger partial charge >= 0.3 is 18.2 Å². The fraction of sp³-hybridized carbons (Fsp3) is 0.565. The molecule has 2 rings (SSSR count). The van der Waals surface area contributed by atoms with Crippen LogP contribution in [0.25, 0.3) is 0 Å². The highest BCUT2D eigenvalue weighted by Gasteiger charge is 2.61. The Morgan fingerprint density at radius 1 is 1.19 bits per heavy atom. The number of urea groups is 1. The summed E-state index contributed by atoms with van der Waals surface area (Å²) in [4.78, 5) is 52.4. The molecule has 4 amide bonds. The number of carbonyl (C=O) groups is 4. The summed E-state index contributed by atoms with van der Waals surface area (Å²) in [7, 11) is 2.31. The number of likely N-dealkylation sites (tertiary alicyclic amines) is 1. The molecule has 1 aliphatic rings. The van der Waals surface area contributed by atoms with E-state index in [1.165, 1.54) is 20.9 Å². The van der Waals surface area contributed by atoms with Gasteiger partial charge in [-0.25, -0.2) is 4.79 Å². The van der Waals surface area contributed by atoms with E-state index in [1.54, 1.807) is 35.6 Å². The van der Waals surface area contributed by atoms with Gasteiger partial charge in [0.1, 0.15) is 5.54 Å². The average Bonchev–Trinajstić information content (AvgIpc) is 3.17. The molecule has 36 heavy (non-hydrogen) atoms. The number of carbonyl (C=O) groups excluding carboxylic acids is 4. The van der Waals surface area contributed by atoms with Gasteiger partial charge in [-0.3, -0.25) is 14.4 Å². The fourth-order valence-electron chi connectivity index (χ4n) is 4.30. The van der Waals surface area contributed by atoms with Crippen LogP contribution in [0, 0.1) is 11.8 Å². The van der Waals surface area contributed by atoms with Crippen molar-refractivity contribution in [1.82, 2.24) is 15.5 Å². The maximum atomic E-state index is 13.9. The first-order valence-electron chi connectivity index (χ1n) is 11.2. The summed E-state index contributed by atoms with van der Waals surface area (Å²) in [6.45, 7) is 2.45. The quantitative estimate of drug-likeness (QED) is 0.308. The Morgan fingerprint density at radius 2 is 1.81 bits per heavy atom. The molecule has 0 aromatic heterocycles. The highest BCUT2D eigenvalue weighted by atomic mass is 19.4. The third-order valence-electron chi connectivity index (χ3n) is 5.92. The lowest BCUT2D eigenvalue weighted by molar-refractivity contribution is -0.277. The molecule has 0 bridgehead atoms. The molecule has 10 nitrogen and oxygen atoms in total. The van der Waals surface area contributed by atoms with Crippen molar-refractivity contribution >= 4 is 29.5 Å². The van der Waals surface area contributed by atoms with Gasteiger partial charge in [0.25, 0.3) is 0 Å². The second-order valence-electron chi connectivity index (χ2n) is 9.12. The number of aliphatic hydroxyl groups is 1. The molecule has 0 saturated carbocycles. The van der Waals surface area contributed by atoms with E-state index in [0.29, 0.717) is 5.69 Å². The topological polar surface area (TPSA) is 137 Å². The number of nitrogens with one attached hydrogen (secondary N) is 3. The highest BCUT2D eigenvalue weighted by Crippen LogP contribution is 2.40. The smallest absolute Gasteiger partial charge is 0.436 e. The van der Waals surface area contributed by atoms with Crippen molar-refractivity contribution in [2.75, 3.05) is 26.0 Å². The van der Waals surface area contributed by atoms with Gasteiger partial charge in [0.2, 0.25) is 17.5 Å². The summed E-state index contributed by atoms with van der Waals surface area (Å²) >= 11 is 0. The first-order valence-corrected chi connectivity index (χ1v) is 11.2. The zero-order valence-corrected chi connectivity index (χ0v) is 20.4. The number of nitrogens with zero attached hydrogens (tertiary/aromatic N) is 1. The Kier molecular flexibility index (Phi) is 8.94. The maximum Gasteiger partial charge on any atom is 0.436 e. The van der Waals surface area contributed by atoms with Gasteiger partial charge in [-0.15, -0.1) is 0 Å². The standard InChI is InChI=1S/C23H31F3N4O6/c1-14(2)10-22(35,23(24,25)26)29-19(33)21(12-17(31)28-16-8-6-5-7-9-16)11-15(18(32)36-4)13-30(21)20(34)27-3/h5-9,14-15,35H,10-13H2,1-4H3,(H,27,34)(H,28,31)(H,29,33)/t15?,21-,22?/m1/s1. The largest absolute Gasteiger partial charge is 0.469 e. The van der Waals surface area contributed by atoms with Crippen molar-refractivity contribution in [3.63, 3.8) is 0 Å². The van der Waals surface area contributed by atoms with E-state index < -0.39 is 78.9 Å². The van der Waals surface area contributed by atoms with Crippen LogP contribution >= 0.6 is 0 Å². The van der Waals surface area contributed by atoms with Gasteiger partial charge in [-0.05, 0) is 24.5 Å². The Balaban J connectivity index is 2.55. The van der Waals surface area contributed by atoms with Gasteiger partial charge in [-0.2, -0.15) is 13.2 Å². The molecule has 1 fully saturated rings. The summed E-state index contributed by atoms with van der Waals surface area (Å²) < 4.78 is 46.3. The van der Waals surface area contributed by atoms with Crippen molar-refractivity contribution in [2.45, 2.75) is 50.6 Å². The van der Waals surface area contributed by atoms with Crippen molar-refractivity contribution in [2.24, 2.45) is 11.8 Å². The van der Waals surface area contributed by atoms with E-state index in [1.807, 2.05) is 0 Å². The number of alkyl halides is 3. The zero-order chi connectivity index (χ0) is 27.3. The Bertz CT molecular complexity index is 974. The lowest BCUT2D eigenvalue weighted by Crippen LogP contribution is -2.67. The van der Waals surface area contributed by atoms with Crippen molar-refractivity contribution in [3.05, 3.63) is 30.3 Å². The minimum Gasteiger partial charge on any atom is -0.469 e. The highest BCUT2D eigenvalue weighted by molar-refractivity contribution is 6.00. The molecule has 0 spiro atoms. The molecule has 3 atom stereocenters. The summed E-state index contributed by atoms with van der Waals surface area (Å²) in [6.07, 6.45) is -7.44. The predicted molar refractivity (Wildman–Crippen MR) is 122 cm³/mol. The summed E-state index contributed by atoms with van der Waals surface area (Å²) in [5, 5.41) is 16.9. The number of halogens is 3. The summed E-state index contributed by atoms with van der Waals surface area (Å²) in [5.74, 6) is -4.82. The minimum atomic E-state index is -5.27. The Hall–Kier alpha value is -3.35. The number of hydrogen-bond donors (Lipinski definition) is 4. The molecule has 1 aromatic rings. The van der Waals surface area contributed by atoms with E-state index in [2.05, 4.69) is 10.6 Å². The second kappa shape index (κ2) is 11.1. The lowest BCUT2D eigenvalue weighted by Gasteiger charge is -2.40. The predicted octanol–water partition coefficient (Wildman–Crippen LogP) is 2.00. The van der Waals surface area contributed by atoms with E-state index in [4.69, 9.17) is 4.74 Å². The van der Waals surface area contributed by atoms with Gasteiger partial charge in [-0.1, -0.05) is 32.0 Å². The number of hydrogen-bond acceptors (Lipinski definition) is 6. The fourth-order valence-corrected chi connectivity index (χ4v) is 4.30. The third kappa shape index (κ3) is 6.25. The van der Waals surface area contributed by atoms with E-state index in [0.717, 1.165) is 12.0 Å². The lowest BCUT2D eigenvalue weighted by atomic mass is 9.86. The number of amides is 4. The van der Waals surface area contributed by atoms with Crippen molar-refractivity contribution < 1.29 is 42.2 Å². The number of para-hydroxylation sites is 1. The molecular weight excluding hydrogens is 485 g/mol. The van der Waals surface area contributed by atoms with E-state index in [-0.39, 0.29) is 0 Å². The van der Waals surface area contributed by atoms with Crippen molar-refractivity contribution in [3.8, 4) is 0 Å². The molecule has 0 radical (unpaired) electrons. The SMILES string of the molecule is CNC(=O)N1CC(C(=O)OC)C[C@@]1(CC(=O)Nc1ccccc1)C(=O)NC(O)(CC(C)C)C(F)(F)F. The molecule has 1 aromatic carbocycles. The molecule has 2 unspecified atom stereocenters. The molecule has 0 aliphatic carbocycles. The van der Waals surface area contributed by atoms with Crippen LogP contribution in [0.3, 0.4) is 0 Å². The van der Waals surface area contributed by atoms with Crippen LogP contribution in [0.4, 0.5) is 23.7 Å². The number of anilines is 1. The van der Waals surface area contributed by atoms with Crippen LogP contribution in [-0.2, 0) is 19.1 Å². The molecule has 200 valence electrons. The van der Waals surface area contributed by atoms with Crippen LogP contribution in [0.1, 0.15) is 33.1 Å². The molecular formula is C23H31F3N4O6. The summed E-state index contributed by atoms with van der Waals surface area (Å²) in [6, 6.07) is 7.17. The molecule has 1 aliphatic heterocycles. The number of methoxy groups -OCH3 is 1. The number of esters is 1. The van der Waals surface area contributed by atoms with Gasteiger partial charge < -0.3 is 30.7 Å². The van der Waals surface area contributed by atoms with Crippen LogP contribution < -0.4 is 16.0 Å². The normalized spacial score (nSPS) is 21.5. The molecule has 1 saturated heterocycles. The number of benzene rings is 1. The van der Waals surface area contributed by atoms with E-state index >= 15 is 0 Å². The van der Waals surface area contributed by atoms with Crippen molar-refractivity contribution in [1.29, 1.82) is 0 Å². The first kappa shape index (κ1) is 28.9. The number of rotatable bonds is 8. The Labute approximate surface area is 206 Å². The van der Waals surface area contributed by atoms with Crippen LogP contribution in [0.2, 0.25) is 0 Å². The van der Waals surface area contributed by atoms with Crippen LogP contribution in [0.5, 0.6) is 0 Å². The van der Waals surface area contributed by atoms with E-state index in [9.17, 15) is 37.5 Å². The first-order chi connectivity index (χ1) is 16.7. The zero-order valence-electron chi connectivity index (χ0n) is 20.4. The van der Waals surface area contributed by atoms with Crippen LogP contribution in [-0.4, -0.2) is 72.0 Å². The maximum absolute atomic E-state index is 13.9. The van der Waals surface area contributed by atoms with Gasteiger partial charge in [0, 0.05) is 25.7 Å². The molecule has 1 heterocycles. The second-order valence-corrected chi connectivity index (χ2v) is 9.12. The average molecular weight is 517 g/mol. The summed E-state index contributed by atoms with van der Waals surface area (Å²) in [5.41, 5.74) is -5.54. The third-order valence-corrected chi connectivity index (χ3v) is 5.92. The molecule has 13 heteroatoms. The number of ether oxygens (including phenoxy) is 1. The minimum absolute atomic E-state index is 0.346. The monoisotopic (exact) mass is 516 g/mol. The van der Waals surface area contributed by atoms with Gasteiger partial charge in [0.15, 0.2) is 0 Å². The Morgan fingerprint density at radius 3 is 2.31 bits per heavy atom. The molecule has 4 N–H and O–H groups in total. The van der Waals surface area contributed by atoms with Crippen LogP contribution in [0.15, 0.2) is 30.3 Å².